The molecule has 0 heterocycles. The van der Waals surface area contributed by atoms with Crippen molar-refractivity contribution in [3.63, 3.8) is 0 Å². The molecule has 1 aromatic rings. The van der Waals surface area contributed by atoms with Crippen LogP contribution in [-0.2, 0) is 4.79 Å². The first-order valence-corrected chi connectivity index (χ1v) is 6.80. The molecule has 122 valence electrons. The zero-order valence-electron chi connectivity index (χ0n) is 13.1. The van der Waals surface area contributed by atoms with Gasteiger partial charge in [-0.05, 0) is 38.8 Å². The van der Waals surface area contributed by atoms with Gasteiger partial charge in [0, 0.05) is 23.7 Å². The minimum atomic E-state index is -0.927. The monoisotopic (exact) mass is 312 g/mol. The van der Waals surface area contributed by atoms with Crippen LogP contribution in [0.2, 0.25) is 0 Å². The second kappa shape index (κ2) is 7.11. The number of rotatable bonds is 6. The second-order valence-electron chi connectivity index (χ2n) is 5.66. The Morgan fingerprint density at radius 2 is 2.00 bits per heavy atom. The Kier molecular flexibility index (Phi) is 5.73. The maximum atomic E-state index is 13.7. The molecule has 0 aliphatic rings. The highest BCUT2D eigenvalue weighted by atomic mass is 19.1. The zero-order chi connectivity index (χ0) is 16.9. The van der Waals surface area contributed by atoms with Crippen LogP contribution in [0.4, 0.5) is 14.9 Å². The summed E-state index contributed by atoms with van der Waals surface area (Å²) in [6.45, 7) is 5.15. The summed E-state index contributed by atoms with van der Waals surface area (Å²) in [4.78, 5) is 22.6. The fourth-order valence-corrected chi connectivity index (χ4v) is 1.89. The van der Waals surface area contributed by atoms with Crippen molar-refractivity contribution in [3.8, 4) is 5.75 Å². The van der Waals surface area contributed by atoms with E-state index in [1.54, 1.807) is 20.8 Å². The third-order valence-electron chi connectivity index (χ3n) is 3.16. The van der Waals surface area contributed by atoms with Gasteiger partial charge in [-0.1, -0.05) is 0 Å². The van der Waals surface area contributed by atoms with Crippen molar-refractivity contribution in [1.29, 1.82) is 0 Å². The van der Waals surface area contributed by atoms with E-state index in [-0.39, 0.29) is 18.6 Å². The molecule has 3 N–H and O–H groups in total. The number of hydrogen-bond acceptors (Lipinski definition) is 3. The predicted octanol–water partition coefficient (Wildman–Crippen LogP) is 2.91. The molecule has 0 bridgehead atoms. The molecule has 1 aromatic carbocycles. The SMILES string of the molecule is COc1cc(C)c(NC(=O)NC(C)(C)CCC(=O)O)cc1F. The van der Waals surface area contributed by atoms with E-state index in [1.807, 2.05) is 0 Å². The first kappa shape index (κ1) is 17.7. The van der Waals surface area contributed by atoms with E-state index >= 15 is 0 Å². The molecule has 1 rings (SSSR count). The van der Waals surface area contributed by atoms with Gasteiger partial charge in [0.05, 0.1) is 7.11 Å². The second-order valence-corrected chi connectivity index (χ2v) is 5.66. The van der Waals surface area contributed by atoms with E-state index in [4.69, 9.17) is 9.84 Å². The van der Waals surface area contributed by atoms with E-state index in [1.165, 1.54) is 19.2 Å². The van der Waals surface area contributed by atoms with Crippen LogP contribution in [0.5, 0.6) is 5.75 Å². The molecular weight excluding hydrogens is 291 g/mol. The first-order valence-electron chi connectivity index (χ1n) is 6.80. The number of halogens is 1. The van der Waals surface area contributed by atoms with Crippen molar-refractivity contribution in [2.45, 2.75) is 39.2 Å². The van der Waals surface area contributed by atoms with Crippen LogP contribution in [0.1, 0.15) is 32.3 Å². The zero-order valence-corrected chi connectivity index (χ0v) is 13.1. The lowest BCUT2D eigenvalue weighted by Gasteiger charge is -2.26. The molecule has 0 atom stereocenters. The summed E-state index contributed by atoms with van der Waals surface area (Å²) in [6.07, 6.45) is 0.231. The Hall–Kier alpha value is -2.31. The van der Waals surface area contributed by atoms with E-state index in [0.717, 1.165) is 0 Å². The number of ether oxygens (including phenoxy) is 1. The molecular formula is C15H21FN2O4. The number of amides is 2. The number of nitrogens with one attached hydrogen (secondary N) is 2. The fraction of sp³-hybridized carbons (Fsp3) is 0.467. The summed E-state index contributed by atoms with van der Waals surface area (Å²) >= 11 is 0. The van der Waals surface area contributed by atoms with Crippen LogP contribution in [0.15, 0.2) is 12.1 Å². The number of hydrogen-bond donors (Lipinski definition) is 3. The van der Waals surface area contributed by atoms with Crippen LogP contribution >= 0.6 is 0 Å². The largest absolute Gasteiger partial charge is 0.494 e. The Labute approximate surface area is 128 Å². The van der Waals surface area contributed by atoms with Crippen molar-refractivity contribution in [1.82, 2.24) is 5.32 Å². The molecule has 0 radical (unpaired) electrons. The van der Waals surface area contributed by atoms with Gasteiger partial charge in [0.2, 0.25) is 0 Å². The summed E-state index contributed by atoms with van der Waals surface area (Å²) in [7, 11) is 1.36. The summed E-state index contributed by atoms with van der Waals surface area (Å²) < 4.78 is 18.5. The van der Waals surface area contributed by atoms with E-state index in [2.05, 4.69) is 10.6 Å². The van der Waals surface area contributed by atoms with E-state index in [0.29, 0.717) is 11.3 Å². The van der Waals surface area contributed by atoms with Crippen molar-refractivity contribution < 1.29 is 23.8 Å². The number of methoxy groups -OCH3 is 1. The van der Waals surface area contributed by atoms with Gasteiger partial charge in [0.15, 0.2) is 11.6 Å². The van der Waals surface area contributed by atoms with Crippen LogP contribution in [0, 0.1) is 12.7 Å². The van der Waals surface area contributed by atoms with Crippen molar-refractivity contribution in [3.05, 3.63) is 23.5 Å². The van der Waals surface area contributed by atoms with Gasteiger partial charge in [0.25, 0.3) is 0 Å². The lowest BCUT2D eigenvalue weighted by molar-refractivity contribution is -0.137. The van der Waals surface area contributed by atoms with Gasteiger partial charge >= 0.3 is 12.0 Å². The molecule has 0 saturated carbocycles. The number of urea groups is 1. The molecule has 0 unspecified atom stereocenters. The van der Waals surface area contributed by atoms with Crippen LogP contribution < -0.4 is 15.4 Å². The average molecular weight is 312 g/mol. The number of benzene rings is 1. The lowest BCUT2D eigenvalue weighted by Crippen LogP contribution is -2.45. The third-order valence-corrected chi connectivity index (χ3v) is 3.16. The van der Waals surface area contributed by atoms with Gasteiger partial charge in [-0.15, -0.1) is 0 Å². The number of aliphatic carboxylic acids is 1. The van der Waals surface area contributed by atoms with Gasteiger partial charge in [0.1, 0.15) is 0 Å². The minimum absolute atomic E-state index is 0.0521. The summed E-state index contributed by atoms with van der Waals surface area (Å²) in [5.74, 6) is -1.40. The summed E-state index contributed by atoms with van der Waals surface area (Å²) in [5.41, 5.74) is 0.281. The molecule has 0 saturated heterocycles. The molecule has 7 heteroatoms. The van der Waals surface area contributed by atoms with Crippen molar-refractivity contribution >= 4 is 17.7 Å². The number of carboxylic acids is 1. The molecule has 0 aliphatic heterocycles. The highest BCUT2D eigenvalue weighted by Crippen LogP contribution is 2.25. The Morgan fingerprint density at radius 3 is 2.55 bits per heavy atom. The quantitative estimate of drug-likeness (QED) is 0.753. The third kappa shape index (κ3) is 5.23. The van der Waals surface area contributed by atoms with E-state index < -0.39 is 23.4 Å². The topological polar surface area (TPSA) is 87.7 Å². The van der Waals surface area contributed by atoms with Gasteiger partial charge < -0.3 is 20.5 Å². The highest BCUT2D eigenvalue weighted by molar-refractivity contribution is 5.90. The van der Waals surface area contributed by atoms with Gasteiger partial charge in [-0.25, -0.2) is 9.18 Å². The molecule has 0 aliphatic carbocycles. The summed E-state index contributed by atoms with van der Waals surface area (Å²) in [6, 6.07) is 2.14. The first-order chi connectivity index (χ1) is 10.1. The lowest BCUT2D eigenvalue weighted by atomic mass is 9.99. The van der Waals surface area contributed by atoms with Crippen molar-refractivity contribution in [2.24, 2.45) is 0 Å². The number of carbonyl (C=O) groups is 2. The normalized spacial score (nSPS) is 11.0. The number of carbonyl (C=O) groups excluding carboxylic acids is 1. The Balaban J connectivity index is 2.73. The number of anilines is 1. The van der Waals surface area contributed by atoms with Gasteiger partial charge in [-0.2, -0.15) is 0 Å². The molecule has 0 spiro atoms. The maximum Gasteiger partial charge on any atom is 0.319 e. The summed E-state index contributed by atoms with van der Waals surface area (Å²) in [5, 5.41) is 13.9. The van der Waals surface area contributed by atoms with Crippen LogP contribution in [-0.4, -0.2) is 29.8 Å². The maximum absolute atomic E-state index is 13.7. The Morgan fingerprint density at radius 1 is 1.36 bits per heavy atom. The predicted molar refractivity (Wildman–Crippen MR) is 80.8 cm³/mol. The van der Waals surface area contributed by atoms with E-state index in [9.17, 15) is 14.0 Å². The number of carboxylic acid groups (broad SMARTS) is 1. The van der Waals surface area contributed by atoms with Gasteiger partial charge in [-0.3, -0.25) is 4.79 Å². The molecule has 0 fully saturated rings. The molecule has 6 nitrogen and oxygen atoms in total. The molecule has 2 amide bonds. The number of aryl methyl sites for hydroxylation is 1. The van der Waals surface area contributed by atoms with Crippen LogP contribution in [0.3, 0.4) is 0 Å². The fourth-order valence-electron chi connectivity index (χ4n) is 1.89. The molecule has 22 heavy (non-hydrogen) atoms. The highest BCUT2D eigenvalue weighted by Gasteiger charge is 2.22. The van der Waals surface area contributed by atoms with Crippen LogP contribution in [0.25, 0.3) is 0 Å². The average Bonchev–Trinajstić information content (AvgIpc) is 2.39. The minimum Gasteiger partial charge on any atom is -0.494 e. The molecule has 0 aromatic heterocycles. The smallest absolute Gasteiger partial charge is 0.319 e. The van der Waals surface area contributed by atoms with Crippen molar-refractivity contribution in [2.75, 3.05) is 12.4 Å². The Bertz CT molecular complexity index is 573. The standard InChI is InChI=1S/C15H21FN2O4/c1-9-7-12(22-4)10(16)8-11(9)17-14(21)18-15(2,3)6-5-13(19)20/h7-8H,5-6H2,1-4H3,(H,19,20)(H2,17,18,21).